The second kappa shape index (κ2) is 6.80. The first kappa shape index (κ1) is 14.2. The van der Waals surface area contributed by atoms with Crippen LogP contribution in [-0.4, -0.2) is 33.3 Å². The molecule has 0 spiro atoms. The summed E-state index contributed by atoms with van der Waals surface area (Å²) in [5.41, 5.74) is 1.31. The lowest BCUT2D eigenvalue weighted by molar-refractivity contribution is 0.415. The van der Waals surface area contributed by atoms with Crippen molar-refractivity contribution in [2.24, 2.45) is 11.8 Å². The molecule has 3 nitrogen and oxygen atoms in total. The topological polar surface area (TPSA) is 24.5 Å². The Labute approximate surface area is 116 Å². The number of nitrogens with zero attached hydrogens (tertiary/aromatic N) is 1. The molecule has 1 aliphatic rings. The Bertz CT molecular complexity index is 375. The van der Waals surface area contributed by atoms with Crippen LogP contribution in [0.2, 0.25) is 0 Å². The zero-order chi connectivity index (χ0) is 13.7. The summed E-state index contributed by atoms with van der Waals surface area (Å²) >= 11 is 0. The van der Waals surface area contributed by atoms with E-state index in [1.165, 1.54) is 18.7 Å². The molecule has 3 heteroatoms. The largest absolute Gasteiger partial charge is 0.497 e. The Morgan fingerprint density at radius 1 is 1.32 bits per heavy atom. The van der Waals surface area contributed by atoms with Gasteiger partial charge < -0.3 is 15.0 Å². The molecule has 1 unspecified atom stereocenters. The van der Waals surface area contributed by atoms with Crippen molar-refractivity contribution in [1.29, 1.82) is 0 Å². The van der Waals surface area contributed by atoms with Gasteiger partial charge in [0.25, 0.3) is 0 Å². The number of anilines is 1. The predicted molar refractivity (Wildman–Crippen MR) is 81.0 cm³/mol. The van der Waals surface area contributed by atoms with Crippen molar-refractivity contribution in [2.45, 2.75) is 20.3 Å². The highest BCUT2D eigenvalue weighted by atomic mass is 16.5. The first-order valence-electron chi connectivity index (χ1n) is 7.28. The highest BCUT2D eigenvalue weighted by Crippen LogP contribution is 2.25. The maximum absolute atomic E-state index is 5.20. The van der Waals surface area contributed by atoms with Gasteiger partial charge in [-0.3, -0.25) is 0 Å². The number of methoxy groups -OCH3 is 1. The van der Waals surface area contributed by atoms with Gasteiger partial charge in [-0.1, -0.05) is 13.8 Å². The van der Waals surface area contributed by atoms with Crippen LogP contribution in [0.3, 0.4) is 0 Å². The SMILES string of the molecule is COc1ccc(N2CCC(CNCC(C)C)C2)cc1. The molecule has 1 aromatic rings. The van der Waals surface area contributed by atoms with Gasteiger partial charge in [-0.2, -0.15) is 0 Å². The third-order valence-corrected chi connectivity index (χ3v) is 3.71. The zero-order valence-corrected chi connectivity index (χ0v) is 12.4. The van der Waals surface area contributed by atoms with Crippen LogP contribution in [-0.2, 0) is 0 Å². The first-order valence-corrected chi connectivity index (χ1v) is 7.28. The van der Waals surface area contributed by atoms with Gasteiger partial charge in [0.15, 0.2) is 0 Å². The molecule has 1 fully saturated rings. The van der Waals surface area contributed by atoms with Crippen molar-refractivity contribution in [3.63, 3.8) is 0 Å². The van der Waals surface area contributed by atoms with Gasteiger partial charge in [0.2, 0.25) is 0 Å². The van der Waals surface area contributed by atoms with E-state index in [1.54, 1.807) is 7.11 Å². The Hall–Kier alpha value is -1.22. The van der Waals surface area contributed by atoms with Crippen molar-refractivity contribution in [1.82, 2.24) is 5.32 Å². The van der Waals surface area contributed by atoms with Gasteiger partial charge in [0, 0.05) is 18.8 Å². The van der Waals surface area contributed by atoms with Crippen LogP contribution in [0.1, 0.15) is 20.3 Å². The fraction of sp³-hybridized carbons (Fsp3) is 0.625. The Kier molecular flexibility index (Phi) is 5.08. The summed E-state index contributed by atoms with van der Waals surface area (Å²) in [6.07, 6.45) is 1.29. The van der Waals surface area contributed by atoms with E-state index >= 15 is 0 Å². The molecular formula is C16H26N2O. The van der Waals surface area contributed by atoms with Crippen molar-refractivity contribution in [3.8, 4) is 5.75 Å². The highest BCUT2D eigenvalue weighted by molar-refractivity contribution is 5.49. The number of hydrogen-bond acceptors (Lipinski definition) is 3. The smallest absolute Gasteiger partial charge is 0.119 e. The number of nitrogens with one attached hydrogen (secondary N) is 1. The van der Waals surface area contributed by atoms with Gasteiger partial charge in [-0.25, -0.2) is 0 Å². The molecule has 1 atom stereocenters. The van der Waals surface area contributed by atoms with Crippen molar-refractivity contribution >= 4 is 5.69 Å². The van der Waals surface area contributed by atoms with E-state index in [-0.39, 0.29) is 0 Å². The Balaban J connectivity index is 1.80. The summed E-state index contributed by atoms with van der Waals surface area (Å²) in [6, 6.07) is 8.39. The van der Waals surface area contributed by atoms with Crippen molar-refractivity contribution in [3.05, 3.63) is 24.3 Å². The molecule has 1 heterocycles. The van der Waals surface area contributed by atoms with Crippen LogP contribution in [0.5, 0.6) is 5.75 Å². The van der Waals surface area contributed by atoms with E-state index in [9.17, 15) is 0 Å². The summed E-state index contributed by atoms with van der Waals surface area (Å²) in [4.78, 5) is 2.47. The van der Waals surface area contributed by atoms with Crippen LogP contribution in [0.4, 0.5) is 5.69 Å². The predicted octanol–water partition coefficient (Wildman–Crippen LogP) is 2.77. The highest BCUT2D eigenvalue weighted by Gasteiger charge is 2.22. The van der Waals surface area contributed by atoms with E-state index in [2.05, 4.69) is 36.2 Å². The molecule has 0 bridgehead atoms. The second-order valence-corrected chi connectivity index (χ2v) is 5.85. The quantitative estimate of drug-likeness (QED) is 0.853. The Morgan fingerprint density at radius 2 is 2.05 bits per heavy atom. The summed E-state index contributed by atoms with van der Waals surface area (Å²) in [5, 5.41) is 3.57. The van der Waals surface area contributed by atoms with Crippen LogP contribution in [0, 0.1) is 11.8 Å². The van der Waals surface area contributed by atoms with E-state index < -0.39 is 0 Å². The van der Waals surface area contributed by atoms with Gasteiger partial charge in [0.05, 0.1) is 7.11 Å². The lowest BCUT2D eigenvalue weighted by Crippen LogP contribution is -2.28. The molecule has 19 heavy (non-hydrogen) atoms. The molecule has 1 saturated heterocycles. The minimum absolute atomic E-state index is 0.735. The number of benzene rings is 1. The third kappa shape index (κ3) is 4.13. The van der Waals surface area contributed by atoms with Gasteiger partial charge >= 0.3 is 0 Å². The molecule has 0 saturated carbocycles. The van der Waals surface area contributed by atoms with Crippen LogP contribution in [0.15, 0.2) is 24.3 Å². The van der Waals surface area contributed by atoms with Crippen molar-refractivity contribution in [2.75, 3.05) is 38.2 Å². The molecule has 2 rings (SSSR count). The minimum Gasteiger partial charge on any atom is -0.497 e. The lowest BCUT2D eigenvalue weighted by Gasteiger charge is -2.19. The monoisotopic (exact) mass is 262 g/mol. The zero-order valence-electron chi connectivity index (χ0n) is 12.4. The van der Waals surface area contributed by atoms with Crippen LogP contribution < -0.4 is 15.0 Å². The molecule has 1 aliphatic heterocycles. The number of hydrogen-bond donors (Lipinski definition) is 1. The normalized spacial score (nSPS) is 19.2. The Morgan fingerprint density at radius 3 is 2.68 bits per heavy atom. The van der Waals surface area contributed by atoms with E-state index in [4.69, 9.17) is 4.74 Å². The van der Waals surface area contributed by atoms with E-state index in [0.29, 0.717) is 0 Å². The van der Waals surface area contributed by atoms with E-state index in [1.807, 2.05) is 12.1 Å². The maximum atomic E-state index is 5.20. The third-order valence-electron chi connectivity index (χ3n) is 3.71. The fourth-order valence-corrected chi connectivity index (χ4v) is 2.60. The maximum Gasteiger partial charge on any atom is 0.119 e. The van der Waals surface area contributed by atoms with E-state index in [0.717, 1.165) is 37.2 Å². The molecule has 0 radical (unpaired) electrons. The fourth-order valence-electron chi connectivity index (χ4n) is 2.60. The first-order chi connectivity index (χ1) is 9.19. The summed E-state index contributed by atoms with van der Waals surface area (Å²) in [5.74, 6) is 2.44. The van der Waals surface area contributed by atoms with Gasteiger partial charge in [0.1, 0.15) is 5.75 Å². The minimum atomic E-state index is 0.735. The van der Waals surface area contributed by atoms with Gasteiger partial charge in [-0.05, 0) is 55.6 Å². The molecule has 0 aliphatic carbocycles. The molecule has 0 aromatic heterocycles. The van der Waals surface area contributed by atoms with Crippen molar-refractivity contribution < 1.29 is 4.74 Å². The molecule has 0 amide bonds. The summed E-state index contributed by atoms with van der Waals surface area (Å²) in [7, 11) is 1.71. The average Bonchev–Trinajstić information content (AvgIpc) is 2.87. The molecular weight excluding hydrogens is 236 g/mol. The summed E-state index contributed by atoms with van der Waals surface area (Å²) in [6.45, 7) is 9.11. The lowest BCUT2D eigenvalue weighted by atomic mass is 10.1. The molecule has 1 N–H and O–H groups in total. The van der Waals surface area contributed by atoms with Crippen LogP contribution >= 0.6 is 0 Å². The summed E-state index contributed by atoms with van der Waals surface area (Å²) < 4.78 is 5.20. The number of rotatable bonds is 6. The number of ether oxygens (including phenoxy) is 1. The standard InChI is InChI=1S/C16H26N2O/c1-13(2)10-17-11-14-8-9-18(12-14)15-4-6-16(19-3)7-5-15/h4-7,13-14,17H,8-12H2,1-3H3. The second-order valence-electron chi connectivity index (χ2n) is 5.85. The molecule has 106 valence electrons. The van der Waals surface area contributed by atoms with Crippen LogP contribution in [0.25, 0.3) is 0 Å². The van der Waals surface area contributed by atoms with Gasteiger partial charge in [-0.15, -0.1) is 0 Å². The average molecular weight is 262 g/mol. The molecule has 1 aromatic carbocycles.